The molecule has 4 rings (SSSR count). The third-order valence-electron chi connectivity index (χ3n) is 5.09. The first-order chi connectivity index (χ1) is 13.9. The van der Waals surface area contributed by atoms with Gasteiger partial charge in [-0.3, -0.25) is 4.98 Å². The Morgan fingerprint density at radius 1 is 1.00 bits per heavy atom. The smallest absolute Gasteiger partial charge is 0.147 e. The van der Waals surface area contributed by atoms with Crippen molar-refractivity contribution in [2.24, 2.45) is 0 Å². The average molecular weight is 412 g/mol. The van der Waals surface area contributed by atoms with Crippen LogP contribution in [0.25, 0.3) is 22.2 Å². The maximum Gasteiger partial charge on any atom is 0.147 e. The van der Waals surface area contributed by atoms with E-state index in [9.17, 15) is 4.21 Å². The molecule has 1 aliphatic rings. The van der Waals surface area contributed by atoms with Crippen LogP contribution >= 0.6 is 0 Å². The molecule has 152 valence electrons. The first-order valence-electron chi connectivity index (χ1n) is 9.48. The van der Waals surface area contributed by atoms with Crippen molar-refractivity contribution < 1.29 is 4.21 Å². The molecule has 9 heteroatoms. The van der Waals surface area contributed by atoms with Gasteiger partial charge in [0.1, 0.15) is 22.6 Å². The van der Waals surface area contributed by atoms with Crippen LogP contribution in [0.4, 0.5) is 11.6 Å². The number of likely N-dealkylation sites (N-methyl/N-ethyl adjacent to an activating group) is 1. The number of piperazine rings is 1. The van der Waals surface area contributed by atoms with Crippen LogP contribution in [0.3, 0.4) is 0 Å². The Bertz CT molecular complexity index is 1060. The van der Waals surface area contributed by atoms with Crippen molar-refractivity contribution in [2.75, 3.05) is 58.0 Å². The summed E-state index contributed by atoms with van der Waals surface area (Å²) in [5.74, 6) is 1.17. The third-order valence-corrected chi connectivity index (χ3v) is 6.46. The molecule has 0 aliphatic carbocycles. The molecule has 0 bridgehead atoms. The van der Waals surface area contributed by atoms with Gasteiger partial charge >= 0.3 is 0 Å². The van der Waals surface area contributed by atoms with E-state index < -0.39 is 11.0 Å². The number of anilines is 2. The number of hydrogen-bond acceptors (Lipinski definition) is 7. The van der Waals surface area contributed by atoms with Crippen LogP contribution < -0.4 is 10.6 Å². The van der Waals surface area contributed by atoms with Gasteiger partial charge in [0, 0.05) is 37.9 Å². The normalized spacial score (nSPS) is 16.5. The number of benzene rings is 1. The fourth-order valence-electron chi connectivity index (χ4n) is 3.32. The van der Waals surface area contributed by atoms with Crippen LogP contribution in [0.1, 0.15) is 0 Å². The lowest BCUT2D eigenvalue weighted by Gasteiger charge is -2.33. The molecular formula is C20H25N7OS. The highest BCUT2D eigenvalue weighted by atomic mass is 32.2. The highest BCUT2D eigenvalue weighted by Crippen LogP contribution is 2.27. The molecule has 0 radical (unpaired) electrons. The molecule has 1 atom stereocenters. The van der Waals surface area contributed by atoms with Gasteiger partial charge in [-0.1, -0.05) is 6.07 Å². The van der Waals surface area contributed by atoms with E-state index in [-0.39, 0.29) is 5.82 Å². The fraction of sp³-hybridized carbons (Fsp3) is 0.350. The van der Waals surface area contributed by atoms with Gasteiger partial charge in [-0.15, -0.1) is 0 Å². The number of nitrogens with two attached hydrogens (primary N) is 1. The zero-order chi connectivity index (χ0) is 20.5. The van der Waals surface area contributed by atoms with E-state index in [4.69, 9.17) is 10.7 Å². The van der Waals surface area contributed by atoms with Crippen molar-refractivity contribution in [3.63, 3.8) is 0 Å². The Kier molecular flexibility index (Phi) is 5.44. The largest absolute Gasteiger partial charge is 0.383 e. The fourth-order valence-corrected chi connectivity index (χ4v) is 4.17. The number of pyridine rings is 1. The molecule has 1 unspecified atom stereocenters. The van der Waals surface area contributed by atoms with Crippen LogP contribution in [0.15, 0.2) is 41.6 Å². The molecule has 8 nitrogen and oxygen atoms in total. The van der Waals surface area contributed by atoms with Gasteiger partial charge in [-0.25, -0.2) is 18.5 Å². The van der Waals surface area contributed by atoms with Gasteiger partial charge in [0.2, 0.25) is 0 Å². The average Bonchev–Trinajstić information content (AvgIpc) is 2.73. The lowest BCUT2D eigenvalue weighted by Crippen LogP contribution is -2.44. The van der Waals surface area contributed by atoms with E-state index in [2.05, 4.69) is 26.8 Å². The van der Waals surface area contributed by atoms with Crippen LogP contribution in [-0.2, 0) is 11.0 Å². The predicted molar refractivity (Wildman–Crippen MR) is 117 cm³/mol. The summed E-state index contributed by atoms with van der Waals surface area (Å²) in [4.78, 5) is 18.8. The molecule has 3 aromatic rings. The van der Waals surface area contributed by atoms with E-state index in [1.807, 2.05) is 30.5 Å². The molecule has 2 N–H and O–H groups in total. The molecule has 0 saturated carbocycles. The second-order valence-electron chi connectivity index (χ2n) is 7.39. The van der Waals surface area contributed by atoms with Crippen molar-refractivity contribution in [3.05, 3.63) is 36.7 Å². The Morgan fingerprint density at radius 2 is 1.76 bits per heavy atom. The van der Waals surface area contributed by atoms with Crippen molar-refractivity contribution in [1.82, 2.24) is 24.2 Å². The van der Waals surface area contributed by atoms with E-state index in [1.54, 1.807) is 24.6 Å². The third kappa shape index (κ3) is 4.07. The lowest BCUT2D eigenvalue weighted by atomic mass is 10.1. The first-order valence-corrected chi connectivity index (χ1v) is 10.6. The standard InChI is InChI=1S/C20H25N7OS/c1-25(2)29(28)18-11-15(12-23-20(18)21)14-4-5-16-17(10-14)24-19(13-22-16)27-8-6-26(3)7-9-27/h4-5,10-13H,6-9H2,1-3H3,(H2,21,23). The summed E-state index contributed by atoms with van der Waals surface area (Å²) in [6, 6.07) is 7.75. The summed E-state index contributed by atoms with van der Waals surface area (Å²) in [6.07, 6.45) is 3.54. The van der Waals surface area contributed by atoms with Gasteiger partial charge in [0.15, 0.2) is 0 Å². The molecule has 1 aromatic carbocycles. The molecule has 1 aliphatic heterocycles. The monoisotopic (exact) mass is 411 g/mol. The summed E-state index contributed by atoms with van der Waals surface area (Å²) in [7, 11) is 4.26. The van der Waals surface area contributed by atoms with Crippen molar-refractivity contribution in [1.29, 1.82) is 0 Å². The van der Waals surface area contributed by atoms with Crippen molar-refractivity contribution >= 4 is 33.7 Å². The maximum absolute atomic E-state index is 12.5. The van der Waals surface area contributed by atoms with Crippen LogP contribution in [0, 0.1) is 0 Å². The lowest BCUT2D eigenvalue weighted by molar-refractivity contribution is 0.312. The minimum atomic E-state index is -1.36. The second kappa shape index (κ2) is 8.02. The zero-order valence-electron chi connectivity index (χ0n) is 16.9. The molecule has 3 heterocycles. The Morgan fingerprint density at radius 3 is 2.48 bits per heavy atom. The van der Waals surface area contributed by atoms with Gasteiger partial charge in [-0.05, 0) is 44.9 Å². The Balaban J connectivity index is 1.70. The summed E-state index contributed by atoms with van der Waals surface area (Å²) >= 11 is 0. The van der Waals surface area contributed by atoms with Gasteiger partial charge in [0.25, 0.3) is 0 Å². The summed E-state index contributed by atoms with van der Waals surface area (Å²) in [6.45, 7) is 3.92. The van der Waals surface area contributed by atoms with E-state index in [0.717, 1.165) is 54.2 Å². The quantitative estimate of drug-likeness (QED) is 0.697. The molecule has 2 aromatic heterocycles. The number of fused-ring (bicyclic) bond motifs is 1. The summed E-state index contributed by atoms with van der Waals surface area (Å²) < 4.78 is 14.1. The topological polar surface area (TPSA) is 91.5 Å². The van der Waals surface area contributed by atoms with E-state index in [0.29, 0.717) is 4.90 Å². The molecule has 0 spiro atoms. The van der Waals surface area contributed by atoms with E-state index in [1.165, 1.54) is 0 Å². The molecule has 29 heavy (non-hydrogen) atoms. The van der Waals surface area contributed by atoms with Gasteiger partial charge < -0.3 is 15.5 Å². The van der Waals surface area contributed by atoms with Crippen molar-refractivity contribution in [2.45, 2.75) is 4.90 Å². The highest BCUT2D eigenvalue weighted by molar-refractivity contribution is 7.82. The Labute approximate surface area is 173 Å². The highest BCUT2D eigenvalue weighted by Gasteiger charge is 2.17. The number of aromatic nitrogens is 3. The number of nitrogen functional groups attached to an aromatic ring is 1. The summed E-state index contributed by atoms with van der Waals surface area (Å²) in [5.41, 5.74) is 9.39. The molecule has 1 saturated heterocycles. The van der Waals surface area contributed by atoms with Crippen LogP contribution in [0.2, 0.25) is 0 Å². The minimum Gasteiger partial charge on any atom is -0.383 e. The predicted octanol–water partition coefficient (Wildman–Crippen LogP) is 1.61. The van der Waals surface area contributed by atoms with E-state index >= 15 is 0 Å². The second-order valence-corrected chi connectivity index (χ2v) is 9.06. The molecule has 1 fully saturated rings. The maximum atomic E-state index is 12.5. The van der Waals surface area contributed by atoms with Gasteiger partial charge in [-0.2, -0.15) is 0 Å². The molecule has 0 amide bonds. The molecular weight excluding hydrogens is 386 g/mol. The van der Waals surface area contributed by atoms with Crippen molar-refractivity contribution in [3.8, 4) is 11.1 Å². The minimum absolute atomic E-state index is 0.277. The number of nitrogens with zero attached hydrogens (tertiary/aromatic N) is 6. The first kappa shape index (κ1) is 19.7. The summed E-state index contributed by atoms with van der Waals surface area (Å²) in [5, 5.41) is 0. The van der Waals surface area contributed by atoms with Crippen LogP contribution in [-0.4, -0.2) is 75.7 Å². The number of rotatable bonds is 4. The van der Waals surface area contributed by atoms with Crippen LogP contribution in [0.5, 0.6) is 0 Å². The zero-order valence-corrected chi connectivity index (χ0v) is 17.7. The SMILES string of the molecule is CN1CCN(c2cnc3ccc(-c4cnc(N)c(S(=O)N(C)C)c4)cc3n2)CC1. The van der Waals surface area contributed by atoms with Gasteiger partial charge in [0.05, 0.1) is 22.1 Å². The Hall–Kier alpha value is -2.62. The number of hydrogen-bond donors (Lipinski definition) is 1.